The van der Waals surface area contributed by atoms with Crippen LogP contribution in [0.3, 0.4) is 0 Å². The Hall–Kier alpha value is -2.02. The van der Waals surface area contributed by atoms with Crippen LogP contribution in [0.4, 0.5) is 11.4 Å². The Morgan fingerprint density at radius 3 is 2.50 bits per heavy atom. The molecule has 0 aromatic heterocycles. The number of hydrogen-bond acceptors (Lipinski definition) is 3. The summed E-state index contributed by atoms with van der Waals surface area (Å²) in [5, 5.41) is 9.67. The van der Waals surface area contributed by atoms with Crippen molar-refractivity contribution in [1.82, 2.24) is 5.32 Å². The number of ether oxygens (including phenoxy) is 1. The SMILES string of the molecule is COc1ccc(NC(=S)NCC(=O)Nc2cc(Cl)ccc2Cl)cc1. The zero-order valence-corrected chi connectivity index (χ0v) is 15.1. The molecule has 5 nitrogen and oxygen atoms in total. The zero-order valence-electron chi connectivity index (χ0n) is 12.7. The minimum absolute atomic E-state index is 0.00910. The molecule has 0 atom stereocenters. The normalized spacial score (nSPS) is 9.96. The van der Waals surface area contributed by atoms with Crippen molar-refractivity contribution in [2.45, 2.75) is 0 Å². The van der Waals surface area contributed by atoms with Gasteiger partial charge in [-0.1, -0.05) is 23.2 Å². The molecule has 2 aromatic rings. The molecule has 0 aliphatic carbocycles. The minimum Gasteiger partial charge on any atom is -0.497 e. The van der Waals surface area contributed by atoms with E-state index < -0.39 is 0 Å². The summed E-state index contributed by atoms with van der Waals surface area (Å²) in [7, 11) is 1.60. The molecule has 8 heteroatoms. The molecule has 2 rings (SSSR count). The predicted molar refractivity (Wildman–Crippen MR) is 102 cm³/mol. The highest BCUT2D eigenvalue weighted by atomic mass is 35.5. The van der Waals surface area contributed by atoms with Crippen LogP contribution in [0.5, 0.6) is 5.75 Å². The molecule has 0 heterocycles. The first kappa shape index (κ1) is 18.3. The Kier molecular flexibility index (Phi) is 6.66. The van der Waals surface area contributed by atoms with Crippen molar-refractivity contribution in [3.8, 4) is 5.75 Å². The number of hydrogen-bond donors (Lipinski definition) is 3. The first-order valence-corrected chi connectivity index (χ1v) is 8.08. The lowest BCUT2D eigenvalue weighted by molar-refractivity contribution is -0.115. The van der Waals surface area contributed by atoms with Crippen molar-refractivity contribution < 1.29 is 9.53 Å². The summed E-state index contributed by atoms with van der Waals surface area (Å²) < 4.78 is 5.08. The van der Waals surface area contributed by atoms with Gasteiger partial charge >= 0.3 is 0 Å². The standard InChI is InChI=1S/C16H15Cl2N3O2S/c1-23-12-5-3-11(4-6-12)20-16(24)19-9-15(22)21-14-8-10(17)2-7-13(14)18/h2-8H,9H2,1H3,(H,21,22)(H2,19,20,24). The average Bonchev–Trinajstić information content (AvgIpc) is 2.57. The van der Waals surface area contributed by atoms with Crippen LogP contribution in [0.2, 0.25) is 10.0 Å². The first-order chi connectivity index (χ1) is 11.5. The maximum Gasteiger partial charge on any atom is 0.243 e. The number of anilines is 2. The molecule has 2 aromatic carbocycles. The lowest BCUT2D eigenvalue weighted by atomic mass is 10.3. The second-order valence-electron chi connectivity index (χ2n) is 4.71. The summed E-state index contributed by atoms with van der Waals surface area (Å²) in [6, 6.07) is 12.1. The molecule has 0 aliphatic heterocycles. The maximum atomic E-state index is 11.9. The van der Waals surface area contributed by atoms with Gasteiger partial charge in [0, 0.05) is 10.7 Å². The van der Waals surface area contributed by atoms with Crippen molar-refractivity contribution in [1.29, 1.82) is 0 Å². The van der Waals surface area contributed by atoms with Gasteiger partial charge in [-0.05, 0) is 54.7 Å². The molecule has 0 spiro atoms. The van der Waals surface area contributed by atoms with Crippen molar-refractivity contribution in [2.75, 3.05) is 24.3 Å². The third-order valence-electron chi connectivity index (χ3n) is 2.96. The van der Waals surface area contributed by atoms with E-state index in [1.807, 2.05) is 12.1 Å². The molecule has 0 aliphatic rings. The van der Waals surface area contributed by atoms with Gasteiger partial charge < -0.3 is 20.7 Å². The molecule has 3 N–H and O–H groups in total. The molecule has 126 valence electrons. The molecular formula is C16H15Cl2N3O2S. The van der Waals surface area contributed by atoms with Gasteiger partial charge in [0.25, 0.3) is 0 Å². The summed E-state index contributed by atoms with van der Waals surface area (Å²) in [5.74, 6) is 0.454. The highest BCUT2D eigenvalue weighted by Crippen LogP contribution is 2.25. The number of carbonyl (C=O) groups is 1. The van der Waals surface area contributed by atoms with E-state index in [0.717, 1.165) is 11.4 Å². The topological polar surface area (TPSA) is 62.4 Å². The Bertz CT molecular complexity index is 739. The maximum absolute atomic E-state index is 11.9. The van der Waals surface area contributed by atoms with Crippen LogP contribution in [0.15, 0.2) is 42.5 Å². The van der Waals surface area contributed by atoms with Crippen LogP contribution in [-0.4, -0.2) is 24.7 Å². The van der Waals surface area contributed by atoms with Gasteiger partial charge in [-0.2, -0.15) is 0 Å². The van der Waals surface area contributed by atoms with Gasteiger partial charge in [-0.3, -0.25) is 4.79 Å². The predicted octanol–water partition coefficient (Wildman–Crippen LogP) is 3.93. The van der Waals surface area contributed by atoms with Gasteiger partial charge in [0.2, 0.25) is 5.91 Å². The van der Waals surface area contributed by atoms with Crippen LogP contribution in [0.25, 0.3) is 0 Å². The van der Waals surface area contributed by atoms with Gasteiger partial charge in [-0.25, -0.2) is 0 Å². The van der Waals surface area contributed by atoms with Crippen molar-refractivity contribution in [3.05, 3.63) is 52.5 Å². The number of amides is 1. The van der Waals surface area contributed by atoms with Crippen LogP contribution < -0.4 is 20.7 Å². The Labute approximate surface area is 155 Å². The van der Waals surface area contributed by atoms with E-state index in [-0.39, 0.29) is 12.5 Å². The molecule has 0 fully saturated rings. The van der Waals surface area contributed by atoms with Crippen molar-refractivity contribution in [3.63, 3.8) is 0 Å². The molecule has 1 amide bonds. The largest absolute Gasteiger partial charge is 0.497 e. The highest BCUT2D eigenvalue weighted by molar-refractivity contribution is 7.80. The van der Waals surface area contributed by atoms with Gasteiger partial charge in [-0.15, -0.1) is 0 Å². The summed E-state index contributed by atoms with van der Waals surface area (Å²) >= 11 is 17.0. The van der Waals surface area contributed by atoms with Crippen LogP contribution in [0, 0.1) is 0 Å². The molecule has 0 bridgehead atoms. The van der Waals surface area contributed by atoms with E-state index in [0.29, 0.717) is 20.8 Å². The Morgan fingerprint density at radius 2 is 1.83 bits per heavy atom. The molecule has 24 heavy (non-hydrogen) atoms. The number of halogens is 2. The first-order valence-electron chi connectivity index (χ1n) is 6.92. The van der Waals surface area contributed by atoms with E-state index in [1.54, 1.807) is 37.4 Å². The number of carbonyl (C=O) groups excluding carboxylic acids is 1. The van der Waals surface area contributed by atoms with Crippen molar-refractivity contribution in [2.24, 2.45) is 0 Å². The quantitative estimate of drug-likeness (QED) is 0.682. The van der Waals surface area contributed by atoms with E-state index in [9.17, 15) is 4.79 Å². The van der Waals surface area contributed by atoms with Gasteiger partial charge in [0.1, 0.15) is 5.75 Å². The third kappa shape index (κ3) is 5.56. The second-order valence-corrected chi connectivity index (χ2v) is 5.96. The molecular weight excluding hydrogens is 369 g/mol. The summed E-state index contributed by atoms with van der Waals surface area (Å²) in [5.41, 5.74) is 1.23. The second kappa shape index (κ2) is 8.73. The number of thiocarbonyl (C=S) groups is 1. The molecule has 0 saturated heterocycles. The summed E-state index contributed by atoms with van der Waals surface area (Å²) in [4.78, 5) is 11.9. The lowest BCUT2D eigenvalue weighted by Gasteiger charge is -2.12. The summed E-state index contributed by atoms with van der Waals surface area (Å²) in [6.45, 7) is -0.00910. The van der Waals surface area contributed by atoms with Gasteiger partial charge in [0.15, 0.2) is 5.11 Å². The fourth-order valence-corrected chi connectivity index (χ4v) is 2.32. The monoisotopic (exact) mass is 383 g/mol. The molecule has 0 saturated carbocycles. The molecule has 0 unspecified atom stereocenters. The van der Waals surface area contributed by atoms with Crippen LogP contribution in [-0.2, 0) is 4.79 Å². The van der Waals surface area contributed by atoms with E-state index in [1.165, 1.54) is 0 Å². The van der Waals surface area contributed by atoms with Gasteiger partial charge in [0.05, 0.1) is 24.4 Å². The number of benzene rings is 2. The Balaban J connectivity index is 1.82. The third-order valence-corrected chi connectivity index (χ3v) is 3.77. The van der Waals surface area contributed by atoms with E-state index in [2.05, 4.69) is 16.0 Å². The smallest absolute Gasteiger partial charge is 0.243 e. The Morgan fingerprint density at radius 1 is 1.12 bits per heavy atom. The molecule has 0 radical (unpaired) electrons. The fourth-order valence-electron chi connectivity index (χ4n) is 1.80. The number of methoxy groups -OCH3 is 1. The lowest BCUT2D eigenvalue weighted by Crippen LogP contribution is -2.35. The average molecular weight is 384 g/mol. The fraction of sp³-hybridized carbons (Fsp3) is 0.125. The van der Waals surface area contributed by atoms with E-state index in [4.69, 9.17) is 40.2 Å². The zero-order chi connectivity index (χ0) is 17.5. The van der Waals surface area contributed by atoms with Crippen molar-refractivity contribution >= 4 is 57.8 Å². The highest BCUT2D eigenvalue weighted by Gasteiger charge is 2.07. The summed E-state index contributed by atoms with van der Waals surface area (Å²) in [6.07, 6.45) is 0. The minimum atomic E-state index is -0.293. The van der Waals surface area contributed by atoms with E-state index >= 15 is 0 Å². The van der Waals surface area contributed by atoms with Crippen LogP contribution in [0.1, 0.15) is 0 Å². The number of nitrogens with one attached hydrogen (secondary N) is 3. The van der Waals surface area contributed by atoms with Crippen LogP contribution >= 0.6 is 35.4 Å². The number of rotatable bonds is 5.